The standard InChI is InChI=1S/C20H21FN4O/c1-2-17-12-19(26)25-20(24-17)15-8-9-18(23-13-15)22-10-4-6-14-5-3-7-16(21)11-14/h3,5,7-9,11-13H,2,4,6,10H2,1H3,(H,22,23)(H,24,25,26). The van der Waals surface area contributed by atoms with Crippen LogP contribution in [-0.2, 0) is 12.8 Å². The van der Waals surface area contributed by atoms with E-state index in [9.17, 15) is 9.18 Å². The van der Waals surface area contributed by atoms with Gasteiger partial charge < -0.3 is 10.3 Å². The van der Waals surface area contributed by atoms with Gasteiger partial charge in [0.2, 0.25) is 0 Å². The summed E-state index contributed by atoms with van der Waals surface area (Å²) in [7, 11) is 0. The number of nitrogens with zero attached hydrogens (tertiary/aromatic N) is 2. The Labute approximate surface area is 151 Å². The number of aryl methyl sites for hydroxylation is 2. The van der Waals surface area contributed by atoms with Crippen molar-refractivity contribution in [3.8, 4) is 11.4 Å². The summed E-state index contributed by atoms with van der Waals surface area (Å²) >= 11 is 0. The van der Waals surface area contributed by atoms with E-state index in [0.29, 0.717) is 12.2 Å². The molecule has 2 aromatic heterocycles. The average Bonchev–Trinajstić information content (AvgIpc) is 2.65. The van der Waals surface area contributed by atoms with Gasteiger partial charge in [-0.1, -0.05) is 19.1 Å². The van der Waals surface area contributed by atoms with Crippen molar-refractivity contribution in [3.05, 3.63) is 76.1 Å². The first kappa shape index (κ1) is 17.8. The highest BCUT2D eigenvalue weighted by Crippen LogP contribution is 2.15. The van der Waals surface area contributed by atoms with Crippen LogP contribution in [-0.4, -0.2) is 21.5 Å². The van der Waals surface area contributed by atoms with Crippen molar-refractivity contribution >= 4 is 5.82 Å². The van der Waals surface area contributed by atoms with E-state index in [1.807, 2.05) is 25.1 Å². The van der Waals surface area contributed by atoms with E-state index < -0.39 is 0 Å². The summed E-state index contributed by atoms with van der Waals surface area (Å²) in [5.41, 5.74) is 2.35. The first-order chi connectivity index (χ1) is 12.6. The molecule has 0 saturated heterocycles. The number of halogens is 1. The molecule has 6 heteroatoms. The smallest absolute Gasteiger partial charge is 0.251 e. The fourth-order valence-electron chi connectivity index (χ4n) is 2.67. The largest absolute Gasteiger partial charge is 0.370 e. The number of aromatic nitrogens is 3. The number of hydrogen-bond donors (Lipinski definition) is 2. The zero-order valence-electron chi connectivity index (χ0n) is 14.6. The normalized spacial score (nSPS) is 10.7. The van der Waals surface area contributed by atoms with Crippen molar-refractivity contribution in [1.82, 2.24) is 15.0 Å². The van der Waals surface area contributed by atoms with Gasteiger partial charge >= 0.3 is 0 Å². The molecule has 0 radical (unpaired) electrons. The molecule has 2 N–H and O–H groups in total. The molecule has 0 aliphatic rings. The second-order valence-corrected chi connectivity index (χ2v) is 6.03. The van der Waals surface area contributed by atoms with Crippen molar-refractivity contribution in [2.24, 2.45) is 0 Å². The average molecular weight is 352 g/mol. The minimum atomic E-state index is -0.202. The van der Waals surface area contributed by atoms with Crippen LogP contribution < -0.4 is 10.9 Å². The third kappa shape index (κ3) is 4.75. The molecular formula is C20H21FN4O. The van der Waals surface area contributed by atoms with Crippen molar-refractivity contribution in [2.45, 2.75) is 26.2 Å². The van der Waals surface area contributed by atoms with Gasteiger partial charge in [-0.3, -0.25) is 4.79 Å². The number of pyridine rings is 1. The molecule has 26 heavy (non-hydrogen) atoms. The summed E-state index contributed by atoms with van der Waals surface area (Å²) in [5.74, 6) is 1.08. The van der Waals surface area contributed by atoms with Crippen LogP contribution in [0.1, 0.15) is 24.6 Å². The third-order valence-electron chi connectivity index (χ3n) is 4.03. The number of benzene rings is 1. The quantitative estimate of drug-likeness (QED) is 0.638. The Balaban J connectivity index is 1.56. The Kier molecular flexibility index (Phi) is 5.73. The fourth-order valence-corrected chi connectivity index (χ4v) is 2.67. The predicted molar refractivity (Wildman–Crippen MR) is 101 cm³/mol. The zero-order chi connectivity index (χ0) is 18.4. The number of nitrogens with one attached hydrogen (secondary N) is 2. The summed E-state index contributed by atoms with van der Waals surface area (Å²) in [5, 5.41) is 3.24. The Morgan fingerprint density at radius 1 is 1.19 bits per heavy atom. The molecule has 0 aliphatic heterocycles. The number of aromatic amines is 1. The van der Waals surface area contributed by atoms with Gasteiger partial charge in [0.05, 0.1) is 0 Å². The second kappa shape index (κ2) is 8.38. The second-order valence-electron chi connectivity index (χ2n) is 6.03. The Morgan fingerprint density at radius 2 is 2.08 bits per heavy atom. The van der Waals surface area contributed by atoms with Crippen LogP contribution in [0.3, 0.4) is 0 Å². The van der Waals surface area contributed by atoms with Gasteiger partial charge in [-0.25, -0.2) is 14.4 Å². The molecule has 0 amide bonds. The number of hydrogen-bond acceptors (Lipinski definition) is 4. The maximum atomic E-state index is 13.1. The molecule has 0 unspecified atom stereocenters. The zero-order valence-corrected chi connectivity index (χ0v) is 14.6. The SMILES string of the molecule is CCc1cc(=O)[nH]c(-c2ccc(NCCCc3cccc(F)c3)nc2)n1. The van der Waals surface area contributed by atoms with Crippen LogP contribution in [0.15, 0.2) is 53.5 Å². The van der Waals surface area contributed by atoms with E-state index in [1.54, 1.807) is 18.3 Å². The van der Waals surface area contributed by atoms with Gasteiger partial charge in [0, 0.05) is 30.1 Å². The number of anilines is 1. The lowest BCUT2D eigenvalue weighted by Crippen LogP contribution is -2.10. The summed E-state index contributed by atoms with van der Waals surface area (Å²) < 4.78 is 13.1. The molecule has 0 fully saturated rings. The summed E-state index contributed by atoms with van der Waals surface area (Å²) in [6.07, 6.45) is 4.07. The van der Waals surface area contributed by atoms with E-state index in [-0.39, 0.29) is 11.4 Å². The molecule has 1 aromatic carbocycles. The fraction of sp³-hybridized carbons (Fsp3) is 0.250. The van der Waals surface area contributed by atoms with Crippen LogP contribution >= 0.6 is 0 Å². The van der Waals surface area contributed by atoms with E-state index in [2.05, 4.69) is 20.3 Å². The molecule has 0 atom stereocenters. The molecular weight excluding hydrogens is 331 g/mol. The molecule has 0 bridgehead atoms. The molecule has 0 spiro atoms. The van der Waals surface area contributed by atoms with Gasteiger partial charge in [0.1, 0.15) is 17.5 Å². The lowest BCUT2D eigenvalue weighted by atomic mass is 10.1. The van der Waals surface area contributed by atoms with Crippen molar-refractivity contribution in [1.29, 1.82) is 0 Å². The first-order valence-electron chi connectivity index (χ1n) is 8.69. The minimum Gasteiger partial charge on any atom is -0.370 e. The Hall–Kier alpha value is -3.02. The summed E-state index contributed by atoms with van der Waals surface area (Å²) in [6.45, 7) is 2.70. The molecule has 5 nitrogen and oxygen atoms in total. The molecule has 2 heterocycles. The topological polar surface area (TPSA) is 70.7 Å². The van der Waals surface area contributed by atoms with Crippen LogP contribution in [0.5, 0.6) is 0 Å². The lowest BCUT2D eigenvalue weighted by Gasteiger charge is -2.07. The van der Waals surface area contributed by atoms with Crippen LogP contribution in [0.2, 0.25) is 0 Å². The molecule has 134 valence electrons. The van der Waals surface area contributed by atoms with E-state index >= 15 is 0 Å². The predicted octanol–water partition coefficient (Wildman–Crippen LogP) is 3.58. The first-order valence-corrected chi connectivity index (χ1v) is 8.69. The molecule has 3 rings (SSSR count). The Morgan fingerprint density at radius 3 is 2.81 bits per heavy atom. The Bertz CT molecular complexity index is 922. The van der Waals surface area contributed by atoms with Gasteiger partial charge in [0.15, 0.2) is 0 Å². The van der Waals surface area contributed by atoms with Gasteiger partial charge in [-0.2, -0.15) is 0 Å². The highest BCUT2D eigenvalue weighted by molar-refractivity contribution is 5.55. The van der Waals surface area contributed by atoms with Crippen molar-refractivity contribution < 1.29 is 4.39 Å². The van der Waals surface area contributed by atoms with Crippen LogP contribution in [0.4, 0.5) is 10.2 Å². The highest BCUT2D eigenvalue weighted by Gasteiger charge is 2.04. The maximum absolute atomic E-state index is 13.1. The third-order valence-corrected chi connectivity index (χ3v) is 4.03. The van der Waals surface area contributed by atoms with E-state index in [0.717, 1.165) is 42.0 Å². The van der Waals surface area contributed by atoms with E-state index in [1.165, 1.54) is 12.1 Å². The van der Waals surface area contributed by atoms with Gasteiger partial charge in [0.25, 0.3) is 5.56 Å². The lowest BCUT2D eigenvalue weighted by molar-refractivity contribution is 0.624. The molecule has 0 aliphatic carbocycles. The van der Waals surface area contributed by atoms with Gasteiger partial charge in [-0.15, -0.1) is 0 Å². The van der Waals surface area contributed by atoms with Crippen LogP contribution in [0, 0.1) is 5.82 Å². The monoisotopic (exact) mass is 352 g/mol. The minimum absolute atomic E-state index is 0.161. The van der Waals surface area contributed by atoms with E-state index in [4.69, 9.17) is 0 Å². The summed E-state index contributed by atoms with van der Waals surface area (Å²) in [4.78, 5) is 23.2. The van der Waals surface area contributed by atoms with Crippen LogP contribution in [0.25, 0.3) is 11.4 Å². The van der Waals surface area contributed by atoms with Crippen molar-refractivity contribution in [2.75, 3.05) is 11.9 Å². The maximum Gasteiger partial charge on any atom is 0.251 e. The highest BCUT2D eigenvalue weighted by atomic mass is 19.1. The van der Waals surface area contributed by atoms with Crippen molar-refractivity contribution in [3.63, 3.8) is 0 Å². The molecule has 3 aromatic rings. The molecule has 0 saturated carbocycles. The number of H-pyrrole nitrogens is 1. The summed E-state index contributed by atoms with van der Waals surface area (Å²) in [6, 6.07) is 11.9. The van der Waals surface area contributed by atoms with Gasteiger partial charge in [-0.05, 0) is 49.1 Å². The number of rotatable bonds is 7.